The molecular weight excluding hydrogens is 310 g/mol. The Bertz CT molecular complexity index is 736. The van der Waals surface area contributed by atoms with Gasteiger partial charge >= 0.3 is 0 Å². The Morgan fingerprint density at radius 3 is 3.00 bits per heavy atom. The number of imidazole rings is 1. The monoisotopic (exact) mass is 329 g/mol. The summed E-state index contributed by atoms with van der Waals surface area (Å²) in [6.45, 7) is 1.45. The third-order valence-electron chi connectivity index (χ3n) is 3.89. The summed E-state index contributed by atoms with van der Waals surface area (Å²) in [7, 11) is 0.106. The van der Waals surface area contributed by atoms with Gasteiger partial charge in [-0.05, 0) is 26.4 Å². The number of anilines is 1. The predicted octanol–water partition coefficient (Wildman–Crippen LogP) is 0.810. The van der Waals surface area contributed by atoms with Crippen molar-refractivity contribution in [2.24, 2.45) is 0 Å². The molecule has 0 saturated carbocycles. The first-order valence-electron chi connectivity index (χ1n) is 6.86. The molecule has 7 nitrogen and oxygen atoms in total. The van der Waals surface area contributed by atoms with Gasteiger partial charge in [0.25, 0.3) is 10.0 Å². The van der Waals surface area contributed by atoms with Crippen LogP contribution in [0.15, 0.2) is 16.6 Å². The average Bonchev–Trinajstić information content (AvgIpc) is 3.10. The van der Waals surface area contributed by atoms with E-state index in [1.807, 2.05) is 12.4 Å². The van der Waals surface area contributed by atoms with E-state index in [-0.39, 0.29) is 11.1 Å². The number of hydrogen-bond acceptors (Lipinski definition) is 6. The molecule has 0 spiro atoms. The molecule has 21 heavy (non-hydrogen) atoms. The topological polar surface area (TPSA) is 78.7 Å². The van der Waals surface area contributed by atoms with Crippen LogP contribution in [0.1, 0.15) is 12.8 Å². The van der Waals surface area contributed by atoms with Gasteiger partial charge in [0, 0.05) is 31.2 Å². The molecule has 0 aromatic carbocycles. The predicted molar refractivity (Wildman–Crippen MR) is 83.5 cm³/mol. The van der Waals surface area contributed by atoms with Crippen LogP contribution in [0.3, 0.4) is 0 Å². The number of sulfonamides is 1. The number of likely N-dealkylation sites (tertiary alicyclic amines) is 1. The lowest BCUT2D eigenvalue weighted by molar-refractivity contribution is 0.310. The van der Waals surface area contributed by atoms with Crippen molar-refractivity contribution in [2.45, 2.75) is 23.9 Å². The number of nitrogens with zero attached hydrogens (tertiary/aromatic N) is 3. The van der Waals surface area contributed by atoms with Crippen molar-refractivity contribution in [1.29, 1.82) is 0 Å². The molecule has 9 heteroatoms. The highest BCUT2D eigenvalue weighted by Gasteiger charge is 2.28. The molecule has 1 unspecified atom stereocenters. The van der Waals surface area contributed by atoms with E-state index >= 15 is 0 Å². The summed E-state index contributed by atoms with van der Waals surface area (Å²) in [5.41, 5.74) is 0. The number of rotatable bonds is 5. The third kappa shape index (κ3) is 2.66. The molecule has 0 amide bonds. The first kappa shape index (κ1) is 14.8. The quantitative estimate of drug-likeness (QED) is 0.849. The maximum Gasteiger partial charge on any atom is 0.260 e. The van der Waals surface area contributed by atoms with Crippen LogP contribution in [0.2, 0.25) is 0 Å². The summed E-state index contributed by atoms with van der Waals surface area (Å²) in [6.07, 6.45) is 3.87. The zero-order valence-corrected chi connectivity index (χ0v) is 13.7. The summed E-state index contributed by atoms with van der Waals surface area (Å²) >= 11 is 1.41. The fourth-order valence-electron chi connectivity index (χ4n) is 2.70. The number of hydrogen-bond donors (Lipinski definition) is 2. The molecular formula is C12H19N5O2S2. The SMILES string of the molecule is CNc1nc2sccn2c1S(=O)(=O)NCC1CCCN1C. The summed E-state index contributed by atoms with van der Waals surface area (Å²) in [4.78, 5) is 7.15. The van der Waals surface area contributed by atoms with Crippen LogP contribution >= 0.6 is 11.3 Å². The highest BCUT2D eigenvalue weighted by Crippen LogP contribution is 2.25. The molecule has 2 aromatic rings. The standard InChI is InChI=1S/C12H19N5O2S2/c1-13-10-11(17-6-7-20-12(17)15-10)21(18,19)14-8-9-4-3-5-16(9)2/h6-7,9,13-14H,3-5,8H2,1-2H3. The number of thiazole rings is 1. The molecule has 116 valence electrons. The molecule has 3 rings (SSSR count). The van der Waals surface area contributed by atoms with Gasteiger partial charge in [0.05, 0.1) is 0 Å². The lowest BCUT2D eigenvalue weighted by Gasteiger charge is -2.19. The Labute approximate surface area is 128 Å². The van der Waals surface area contributed by atoms with E-state index in [2.05, 4.69) is 19.9 Å². The van der Waals surface area contributed by atoms with E-state index in [1.165, 1.54) is 11.3 Å². The fraction of sp³-hybridized carbons (Fsp3) is 0.583. The van der Waals surface area contributed by atoms with E-state index in [0.29, 0.717) is 17.3 Å². The van der Waals surface area contributed by atoms with Crippen molar-refractivity contribution >= 4 is 32.1 Å². The van der Waals surface area contributed by atoms with E-state index in [9.17, 15) is 8.42 Å². The van der Waals surface area contributed by atoms with Gasteiger partial charge in [0.2, 0.25) is 0 Å². The second-order valence-corrected chi connectivity index (χ2v) is 7.75. The van der Waals surface area contributed by atoms with Crippen LogP contribution in [-0.4, -0.2) is 55.9 Å². The first-order valence-corrected chi connectivity index (χ1v) is 9.22. The van der Waals surface area contributed by atoms with Crippen LogP contribution in [0.4, 0.5) is 5.82 Å². The van der Waals surface area contributed by atoms with Crippen molar-refractivity contribution in [2.75, 3.05) is 32.5 Å². The minimum Gasteiger partial charge on any atom is -0.371 e. The maximum absolute atomic E-state index is 12.6. The number of aromatic nitrogens is 2. The molecule has 1 fully saturated rings. The Morgan fingerprint density at radius 1 is 1.52 bits per heavy atom. The number of fused-ring (bicyclic) bond motifs is 1. The average molecular weight is 329 g/mol. The second kappa shape index (κ2) is 5.56. The van der Waals surface area contributed by atoms with E-state index in [1.54, 1.807) is 17.6 Å². The highest BCUT2D eigenvalue weighted by molar-refractivity contribution is 7.89. The third-order valence-corrected chi connectivity index (χ3v) is 6.09. The zero-order valence-electron chi connectivity index (χ0n) is 12.0. The van der Waals surface area contributed by atoms with Gasteiger partial charge < -0.3 is 10.2 Å². The van der Waals surface area contributed by atoms with Crippen LogP contribution in [0.5, 0.6) is 0 Å². The zero-order chi connectivity index (χ0) is 15.0. The normalized spacial score (nSPS) is 20.4. The van der Waals surface area contributed by atoms with Gasteiger partial charge in [-0.15, -0.1) is 11.3 Å². The van der Waals surface area contributed by atoms with Crippen molar-refractivity contribution in [3.8, 4) is 0 Å². The number of likely N-dealkylation sites (N-methyl/N-ethyl adjacent to an activating group) is 1. The molecule has 1 aliphatic heterocycles. The minimum absolute atomic E-state index is 0.182. The maximum atomic E-state index is 12.6. The molecule has 2 aromatic heterocycles. The summed E-state index contributed by atoms with van der Waals surface area (Å²) < 4.78 is 29.6. The van der Waals surface area contributed by atoms with E-state index in [0.717, 1.165) is 19.4 Å². The van der Waals surface area contributed by atoms with Gasteiger partial charge in [-0.3, -0.25) is 4.40 Å². The van der Waals surface area contributed by atoms with Gasteiger partial charge in [0.15, 0.2) is 15.8 Å². The van der Waals surface area contributed by atoms with Gasteiger partial charge in [-0.2, -0.15) is 0 Å². The van der Waals surface area contributed by atoms with Crippen molar-refractivity contribution in [1.82, 2.24) is 19.0 Å². The minimum atomic E-state index is -3.60. The molecule has 0 aliphatic carbocycles. The van der Waals surface area contributed by atoms with Crippen LogP contribution in [0.25, 0.3) is 4.96 Å². The largest absolute Gasteiger partial charge is 0.371 e. The van der Waals surface area contributed by atoms with E-state index < -0.39 is 10.0 Å². The van der Waals surface area contributed by atoms with Gasteiger partial charge in [-0.25, -0.2) is 18.1 Å². The van der Waals surface area contributed by atoms with Crippen molar-refractivity contribution < 1.29 is 8.42 Å². The molecule has 0 bridgehead atoms. The lowest BCUT2D eigenvalue weighted by Crippen LogP contribution is -2.38. The highest BCUT2D eigenvalue weighted by atomic mass is 32.2. The Morgan fingerprint density at radius 2 is 2.33 bits per heavy atom. The first-order chi connectivity index (χ1) is 10.0. The molecule has 2 N–H and O–H groups in total. The lowest BCUT2D eigenvalue weighted by atomic mass is 10.2. The Balaban J connectivity index is 1.87. The van der Waals surface area contributed by atoms with Crippen molar-refractivity contribution in [3.63, 3.8) is 0 Å². The molecule has 1 saturated heterocycles. The number of nitrogens with one attached hydrogen (secondary N) is 2. The van der Waals surface area contributed by atoms with Crippen LogP contribution < -0.4 is 10.0 Å². The summed E-state index contributed by atoms with van der Waals surface area (Å²) in [5.74, 6) is 0.383. The smallest absolute Gasteiger partial charge is 0.260 e. The van der Waals surface area contributed by atoms with Gasteiger partial charge in [0.1, 0.15) is 0 Å². The van der Waals surface area contributed by atoms with E-state index in [4.69, 9.17) is 0 Å². The Kier molecular flexibility index (Phi) is 3.91. The second-order valence-electron chi connectivity index (χ2n) is 5.20. The van der Waals surface area contributed by atoms with Crippen molar-refractivity contribution in [3.05, 3.63) is 11.6 Å². The Hall–Kier alpha value is -1.16. The van der Waals surface area contributed by atoms with Crippen LogP contribution in [-0.2, 0) is 10.0 Å². The molecule has 1 atom stereocenters. The molecule has 1 aliphatic rings. The summed E-state index contributed by atoms with van der Waals surface area (Å²) in [5, 5.41) is 4.87. The molecule has 3 heterocycles. The van der Waals surface area contributed by atoms with Crippen LogP contribution in [0, 0.1) is 0 Å². The van der Waals surface area contributed by atoms with Gasteiger partial charge in [-0.1, -0.05) is 0 Å². The fourth-order valence-corrected chi connectivity index (χ4v) is 4.82. The molecule has 0 radical (unpaired) electrons. The summed E-state index contributed by atoms with van der Waals surface area (Å²) in [6, 6.07) is 0.267.